The number of aromatic amines is 1. The Morgan fingerprint density at radius 1 is 1.42 bits per heavy atom. The summed E-state index contributed by atoms with van der Waals surface area (Å²) in [6.45, 7) is 0. The van der Waals surface area contributed by atoms with Crippen molar-refractivity contribution in [3.63, 3.8) is 0 Å². The second kappa shape index (κ2) is 2.66. The third kappa shape index (κ3) is 1.02. The van der Waals surface area contributed by atoms with Crippen LogP contribution in [0.5, 0.6) is 0 Å². The summed E-state index contributed by atoms with van der Waals surface area (Å²) in [5.74, 6) is -0.811. The van der Waals surface area contributed by atoms with Gasteiger partial charge in [-0.15, -0.1) is 0 Å². The highest BCUT2D eigenvalue weighted by Gasteiger charge is 2.18. The van der Waals surface area contributed by atoms with Gasteiger partial charge in [-0.1, -0.05) is 0 Å². The number of fused-ring (bicyclic) bond motifs is 1. The summed E-state index contributed by atoms with van der Waals surface area (Å²) in [4.78, 5) is 13.7. The summed E-state index contributed by atoms with van der Waals surface area (Å²) >= 11 is 0. The van der Waals surface area contributed by atoms with Crippen LogP contribution >= 0.6 is 0 Å². The second-order valence-electron chi connectivity index (χ2n) is 3.17. The molecule has 1 aliphatic carbocycles. The van der Waals surface area contributed by atoms with Gasteiger partial charge < -0.3 is 10.1 Å². The lowest BCUT2D eigenvalue weighted by Gasteiger charge is -2.10. The smallest absolute Gasteiger partial charge is 0.337 e. The zero-order valence-electron chi connectivity index (χ0n) is 6.76. The Balaban J connectivity index is 2.44. The van der Waals surface area contributed by atoms with E-state index in [0.29, 0.717) is 5.56 Å². The molecule has 1 heterocycles. The van der Waals surface area contributed by atoms with Crippen molar-refractivity contribution in [3.8, 4) is 0 Å². The minimum atomic E-state index is -0.811. The molecule has 0 radical (unpaired) electrons. The van der Waals surface area contributed by atoms with Gasteiger partial charge in [0.05, 0.1) is 5.56 Å². The van der Waals surface area contributed by atoms with Crippen molar-refractivity contribution in [1.82, 2.24) is 4.98 Å². The number of aromatic nitrogens is 1. The first kappa shape index (κ1) is 7.40. The number of carboxylic acid groups (broad SMARTS) is 1. The first-order chi connectivity index (χ1) is 5.79. The van der Waals surface area contributed by atoms with Gasteiger partial charge >= 0.3 is 5.97 Å². The number of hydrogen-bond acceptors (Lipinski definition) is 1. The third-order valence-corrected chi connectivity index (χ3v) is 2.41. The van der Waals surface area contributed by atoms with Crippen molar-refractivity contribution in [2.45, 2.75) is 25.7 Å². The average Bonchev–Trinajstić information content (AvgIpc) is 2.47. The standard InChI is InChI=1S/C9H11NO2/c11-9(12)7-5-10-8-4-2-1-3-6(7)8/h5,10H,1-4H2,(H,11,12). The molecule has 0 aliphatic heterocycles. The maximum absolute atomic E-state index is 10.7. The molecule has 0 saturated heterocycles. The van der Waals surface area contributed by atoms with Crippen LogP contribution in [0.15, 0.2) is 6.20 Å². The quantitative estimate of drug-likeness (QED) is 0.664. The monoisotopic (exact) mass is 165 g/mol. The maximum atomic E-state index is 10.7. The number of aryl methyl sites for hydroxylation is 1. The Hall–Kier alpha value is -1.25. The molecule has 0 saturated carbocycles. The van der Waals surface area contributed by atoms with E-state index >= 15 is 0 Å². The van der Waals surface area contributed by atoms with E-state index in [1.54, 1.807) is 6.20 Å². The molecule has 1 aromatic rings. The van der Waals surface area contributed by atoms with Crippen LogP contribution in [0.4, 0.5) is 0 Å². The van der Waals surface area contributed by atoms with Crippen LogP contribution in [-0.4, -0.2) is 16.1 Å². The Labute approximate surface area is 70.4 Å². The highest BCUT2D eigenvalue weighted by atomic mass is 16.4. The summed E-state index contributed by atoms with van der Waals surface area (Å²) in [5, 5.41) is 8.81. The molecular weight excluding hydrogens is 154 g/mol. The second-order valence-corrected chi connectivity index (χ2v) is 3.17. The molecule has 12 heavy (non-hydrogen) atoms. The van der Waals surface area contributed by atoms with Gasteiger partial charge in [-0.05, 0) is 31.2 Å². The molecule has 0 unspecified atom stereocenters. The highest BCUT2D eigenvalue weighted by Crippen LogP contribution is 2.23. The fourth-order valence-electron chi connectivity index (χ4n) is 1.80. The van der Waals surface area contributed by atoms with Crippen molar-refractivity contribution >= 4 is 5.97 Å². The predicted octanol–water partition coefficient (Wildman–Crippen LogP) is 1.59. The Kier molecular flexibility index (Phi) is 1.64. The molecule has 3 heteroatoms. The molecule has 0 atom stereocenters. The number of carboxylic acids is 1. The van der Waals surface area contributed by atoms with E-state index in [9.17, 15) is 4.79 Å². The summed E-state index contributed by atoms with van der Waals surface area (Å²) in [6.07, 6.45) is 5.82. The van der Waals surface area contributed by atoms with Gasteiger partial charge in [0.2, 0.25) is 0 Å². The number of hydrogen-bond donors (Lipinski definition) is 2. The molecule has 2 rings (SSSR count). The molecule has 0 fully saturated rings. The Morgan fingerprint density at radius 3 is 2.92 bits per heavy atom. The number of rotatable bonds is 1. The van der Waals surface area contributed by atoms with Crippen LogP contribution in [0.2, 0.25) is 0 Å². The van der Waals surface area contributed by atoms with Gasteiger partial charge in [-0.2, -0.15) is 0 Å². The van der Waals surface area contributed by atoms with Gasteiger partial charge in [0.15, 0.2) is 0 Å². The zero-order chi connectivity index (χ0) is 8.55. The lowest BCUT2D eigenvalue weighted by molar-refractivity contribution is 0.0696. The summed E-state index contributed by atoms with van der Waals surface area (Å²) in [7, 11) is 0. The Bertz CT molecular complexity index is 314. The van der Waals surface area contributed by atoms with E-state index in [1.807, 2.05) is 0 Å². The number of aromatic carboxylic acids is 1. The van der Waals surface area contributed by atoms with E-state index in [0.717, 1.165) is 30.5 Å². The number of nitrogens with one attached hydrogen (secondary N) is 1. The summed E-state index contributed by atoms with van der Waals surface area (Å²) in [5.41, 5.74) is 2.61. The van der Waals surface area contributed by atoms with Crippen molar-refractivity contribution in [1.29, 1.82) is 0 Å². The first-order valence-corrected chi connectivity index (χ1v) is 4.21. The minimum absolute atomic E-state index is 0.463. The summed E-state index contributed by atoms with van der Waals surface area (Å²) < 4.78 is 0. The van der Waals surface area contributed by atoms with Gasteiger partial charge in [-0.3, -0.25) is 0 Å². The third-order valence-electron chi connectivity index (χ3n) is 2.41. The number of carbonyl (C=O) groups is 1. The minimum Gasteiger partial charge on any atom is -0.478 e. The topological polar surface area (TPSA) is 53.1 Å². The molecule has 64 valence electrons. The molecule has 0 spiro atoms. The van der Waals surface area contributed by atoms with Crippen molar-refractivity contribution in [3.05, 3.63) is 23.0 Å². The summed E-state index contributed by atoms with van der Waals surface area (Å²) in [6, 6.07) is 0. The van der Waals surface area contributed by atoms with E-state index in [4.69, 9.17) is 5.11 Å². The lowest BCUT2D eigenvalue weighted by atomic mass is 9.95. The predicted molar refractivity (Wildman–Crippen MR) is 44.4 cm³/mol. The van der Waals surface area contributed by atoms with E-state index in [-0.39, 0.29) is 0 Å². The highest BCUT2D eigenvalue weighted by molar-refractivity contribution is 5.89. The van der Waals surface area contributed by atoms with E-state index < -0.39 is 5.97 Å². The van der Waals surface area contributed by atoms with Gasteiger partial charge in [0, 0.05) is 11.9 Å². The SMILES string of the molecule is O=C(O)c1c[nH]c2c1CCCC2. The van der Waals surface area contributed by atoms with Gasteiger partial charge in [0.1, 0.15) is 0 Å². The molecule has 0 amide bonds. The van der Waals surface area contributed by atoms with Crippen LogP contribution in [0, 0.1) is 0 Å². The molecule has 2 N–H and O–H groups in total. The van der Waals surface area contributed by atoms with Crippen molar-refractivity contribution < 1.29 is 9.90 Å². The van der Waals surface area contributed by atoms with Crippen molar-refractivity contribution in [2.75, 3.05) is 0 Å². The molecule has 0 aromatic carbocycles. The molecule has 1 aliphatic rings. The molecule has 3 nitrogen and oxygen atoms in total. The van der Waals surface area contributed by atoms with Gasteiger partial charge in [0.25, 0.3) is 0 Å². The normalized spacial score (nSPS) is 15.7. The van der Waals surface area contributed by atoms with Crippen LogP contribution in [0.3, 0.4) is 0 Å². The first-order valence-electron chi connectivity index (χ1n) is 4.21. The maximum Gasteiger partial charge on any atom is 0.337 e. The van der Waals surface area contributed by atoms with E-state index in [2.05, 4.69) is 4.98 Å². The Morgan fingerprint density at radius 2 is 2.17 bits per heavy atom. The van der Waals surface area contributed by atoms with Crippen LogP contribution < -0.4 is 0 Å². The molecule has 1 aromatic heterocycles. The largest absolute Gasteiger partial charge is 0.478 e. The lowest BCUT2D eigenvalue weighted by Crippen LogP contribution is -2.05. The van der Waals surface area contributed by atoms with E-state index in [1.165, 1.54) is 6.42 Å². The van der Waals surface area contributed by atoms with Crippen LogP contribution in [0.1, 0.15) is 34.5 Å². The fourth-order valence-corrected chi connectivity index (χ4v) is 1.80. The average molecular weight is 165 g/mol. The number of H-pyrrole nitrogens is 1. The molecule has 0 bridgehead atoms. The van der Waals surface area contributed by atoms with Crippen LogP contribution in [0.25, 0.3) is 0 Å². The zero-order valence-corrected chi connectivity index (χ0v) is 6.76. The van der Waals surface area contributed by atoms with Crippen LogP contribution in [-0.2, 0) is 12.8 Å². The molecular formula is C9H11NO2. The van der Waals surface area contributed by atoms with Crippen molar-refractivity contribution in [2.24, 2.45) is 0 Å². The fraction of sp³-hybridized carbons (Fsp3) is 0.444. The van der Waals surface area contributed by atoms with Gasteiger partial charge in [-0.25, -0.2) is 4.79 Å².